The molecule has 3 aromatic rings. The van der Waals surface area contributed by atoms with Gasteiger partial charge in [0.1, 0.15) is 0 Å². The molecule has 0 radical (unpaired) electrons. The number of hydrogen-bond acceptors (Lipinski definition) is 3. The summed E-state index contributed by atoms with van der Waals surface area (Å²) in [6, 6.07) is 17.6. The number of amides is 2. The zero-order chi connectivity index (χ0) is 17.9. The Morgan fingerprint density at radius 3 is 2.31 bits per heavy atom. The van der Waals surface area contributed by atoms with E-state index in [1.54, 1.807) is 17.0 Å². The van der Waals surface area contributed by atoms with Gasteiger partial charge in [-0.25, -0.2) is 0 Å². The maximum absolute atomic E-state index is 12.6. The van der Waals surface area contributed by atoms with Crippen LogP contribution in [0.15, 0.2) is 65.3 Å². The van der Waals surface area contributed by atoms with Crippen molar-refractivity contribution < 1.29 is 14.0 Å². The first-order valence-corrected chi connectivity index (χ1v) is 8.79. The van der Waals surface area contributed by atoms with Gasteiger partial charge in [-0.15, -0.1) is 0 Å². The highest BCUT2D eigenvalue weighted by atomic mass is 16.3. The van der Waals surface area contributed by atoms with E-state index >= 15 is 0 Å². The predicted molar refractivity (Wildman–Crippen MR) is 98.8 cm³/mol. The highest BCUT2D eigenvalue weighted by Gasteiger charge is 2.25. The lowest BCUT2D eigenvalue weighted by molar-refractivity contribution is -0.131. The molecule has 4 rings (SSSR count). The van der Waals surface area contributed by atoms with E-state index in [0.29, 0.717) is 38.4 Å². The SMILES string of the molecule is O=C(Cc1ccc2ccccc2c1)N1CCN(C(=O)c2ccco2)CC1. The highest BCUT2D eigenvalue weighted by molar-refractivity contribution is 5.91. The Morgan fingerprint density at radius 1 is 0.846 bits per heavy atom. The van der Waals surface area contributed by atoms with Gasteiger partial charge in [0, 0.05) is 26.2 Å². The first kappa shape index (κ1) is 16.4. The average molecular weight is 348 g/mol. The minimum Gasteiger partial charge on any atom is -0.459 e. The summed E-state index contributed by atoms with van der Waals surface area (Å²) in [5, 5.41) is 2.32. The lowest BCUT2D eigenvalue weighted by Crippen LogP contribution is -2.50. The second-order valence-electron chi connectivity index (χ2n) is 6.51. The quantitative estimate of drug-likeness (QED) is 0.731. The fourth-order valence-corrected chi connectivity index (χ4v) is 3.35. The molecule has 1 aliphatic rings. The summed E-state index contributed by atoms with van der Waals surface area (Å²) in [6.45, 7) is 2.17. The van der Waals surface area contributed by atoms with Crippen LogP contribution in [0.1, 0.15) is 16.1 Å². The van der Waals surface area contributed by atoms with Crippen molar-refractivity contribution in [3.8, 4) is 0 Å². The van der Waals surface area contributed by atoms with Crippen LogP contribution in [-0.4, -0.2) is 47.8 Å². The average Bonchev–Trinajstić information content (AvgIpc) is 3.22. The van der Waals surface area contributed by atoms with E-state index in [4.69, 9.17) is 4.42 Å². The van der Waals surface area contributed by atoms with E-state index in [2.05, 4.69) is 24.3 Å². The number of rotatable bonds is 3. The summed E-state index contributed by atoms with van der Waals surface area (Å²) in [6.07, 6.45) is 1.88. The van der Waals surface area contributed by atoms with Gasteiger partial charge < -0.3 is 14.2 Å². The maximum Gasteiger partial charge on any atom is 0.289 e. The van der Waals surface area contributed by atoms with Crippen molar-refractivity contribution in [2.24, 2.45) is 0 Å². The molecule has 0 unspecified atom stereocenters. The molecule has 5 heteroatoms. The number of benzene rings is 2. The first-order valence-electron chi connectivity index (χ1n) is 8.79. The summed E-state index contributed by atoms with van der Waals surface area (Å²) in [5.74, 6) is 0.336. The number of hydrogen-bond donors (Lipinski definition) is 0. The lowest BCUT2D eigenvalue weighted by Gasteiger charge is -2.34. The van der Waals surface area contributed by atoms with Crippen molar-refractivity contribution >= 4 is 22.6 Å². The van der Waals surface area contributed by atoms with E-state index in [1.165, 1.54) is 11.6 Å². The van der Waals surface area contributed by atoms with Crippen LogP contribution in [-0.2, 0) is 11.2 Å². The Bertz CT molecular complexity index is 925. The number of nitrogens with zero attached hydrogens (tertiary/aromatic N) is 2. The van der Waals surface area contributed by atoms with Gasteiger partial charge in [-0.1, -0.05) is 42.5 Å². The summed E-state index contributed by atoms with van der Waals surface area (Å²) >= 11 is 0. The smallest absolute Gasteiger partial charge is 0.289 e. The number of furan rings is 1. The van der Waals surface area contributed by atoms with Gasteiger partial charge in [0.15, 0.2) is 5.76 Å². The monoisotopic (exact) mass is 348 g/mol. The second-order valence-corrected chi connectivity index (χ2v) is 6.51. The van der Waals surface area contributed by atoms with Crippen LogP contribution in [0.3, 0.4) is 0 Å². The molecule has 0 aliphatic carbocycles. The van der Waals surface area contributed by atoms with E-state index in [9.17, 15) is 9.59 Å². The van der Waals surface area contributed by atoms with Crippen LogP contribution in [0.25, 0.3) is 10.8 Å². The Hall–Kier alpha value is -3.08. The molecule has 0 saturated carbocycles. The van der Waals surface area contributed by atoms with Gasteiger partial charge in [-0.3, -0.25) is 9.59 Å². The van der Waals surface area contributed by atoms with Crippen molar-refractivity contribution in [1.29, 1.82) is 0 Å². The molecule has 1 aromatic heterocycles. The zero-order valence-electron chi connectivity index (χ0n) is 14.4. The third-order valence-electron chi connectivity index (χ3n) is 4.82. The van der Waals surface area contributed by atoms with E-state index in [-0.39, 0.29) is 11.8 Å². The van der Waals surface area contributed by atoms with Crippen LogP contribution in [0, 0.1) is 0 Å². The normalized spacial score (nSPS) is 14.6. The van der Waals surface area contributed by atoms with Crippen LogP contribution >= 0.6 is 0 Å². The van der Waals surface area contributed by atoms with Crippen LogP contribution < -0.4 is 0 Å². The highest BCUT2D eigenvalue weighted by Crippen LogP contribution is 2.17. The van der Waals surface area contributed by atoms with Crippen molar-refractivity contribution in [3.05, 3.63) is 72.2 Å². The third kappa shape index (κ3) is 3.33. The van der Waals surface area contributed by atoms with Gasteiger partial charge in [0.2, 0.25) is 5.91 Å². The molecule has 0 spiro atoms. The molecule has 2 aromatic carbocycles. The summed E-state index contributed by atoms with van der Waals surface area (Å²) < 4.78 is 5.17. The second kappa shape index (κ2) is 7.04. The van der Waals surface area contributed by atoms with Crippen LogP contribution in [0.5, 0.6) is 0 Å². The van der Waals surface area contributed by atoms with Crippen molar-refractivity contribution in [2.75, 3.05) is 26.2 Å². The molecule has 26 heavy (non-hydrogen) atoms. The molecule has 0 N–H and O–H groups in total. The Labute approximate surface area is 151 Å². The third-order valence-corrected chi connectivity index (χ3v) is 4.82. The summed E-state index contributed by atoms with van der Waals surface area (Å²) in [7, 11) is 0. The molecule has 0 atom stereocenters. The van der Waals surface area contributed by atoms with Crippen LogP contribution in [0.2, 0.25) is 0 Å². The standard InChI is InChI=1S/C21H20N2O3/c24-20(15-16-7-8-17-4-1-2-5-18(17)14-16)22-9-11-23(12-10-22)21(25)19-6-3-13-26-19/h1-8,13-14H,9-12,15H2. The van der Waals surface area contributed by atoms with Gasteiger partial charge in [0.25, 0.3) is 5.91 Å². The first-order chi connectivity index (χ1) is 12.7. The molecule has 1 aliphatic heterocycles. The number of piperazine rings is 1. The van der Waals surface area contributed by atoms with Crippen molar-refractivity contribution in [2.45, 2.75) is 6.42 Å². The summed E-state index contributed by atoms with van der Waals surface area (Å²) in [4.78, 5) is 28.5. The topological polar surface area (TPSA) is 53.8 Å². The minimum atomic E-state index is -0.114. The largest absolute Gasteiger partial charge is 0.459 e. The Morgan fingerprint density at radius 2 is 1.58 bits per heavy atom. The predicted octanol–water partition coefficient (Wildman–Crippen LogP) is 2.96. The van der Waals surface area contributed by atoms with Gasteiger partial charge in [0.05, 0.1) is 12.7 Å². The van der Waals surface area contributed by atoms with Gasteiger partial charge in [-0.2, -0.15) is 0 Å². The van der Waals surface area contributed by atoms with E-state index in [0.717, 1.165) is 10.9 Å². The molecule has 1 fully saturated rings. The molecule has 5 nitrogen and oxygen atoms in total. The number of carbonyl (C=O) groups excluding carboxylic acids is 2. The fourth-order valence-electron chi connectivity index (χ4n) is 3.35. The molecular weight excluding hydrogens is 328 g/mol. The van der Waals surface area contributed by atoms with Gasteiger partial charge in [-0.05, 0) is 28.5 Å². The fraction of sp³-hybridized carbons (Fsp3) is 0.238. The van der Waals surface area contributed by atoms with Crippen LogP contribution in [0.4, 0.5) is 0 Å². The molecule has 132 valence electrons. The minimum absolute atomic E-state index is 0.102. The maximum atomic E-state index is 12.6. The molecule has 0 bridgehead atoms. The van der Waals surface area contributed by atoms with Crippen molar-refractivity contribution in [3.63, 3.8) is 0 Å². The zero-order valence-corrected chi connectivity index (χ0v) is 14.4. The molecule has 2 heterocycles. The van der Waals surface area contributed by atoms with Crippen molar-refractivity contribution in [1.82, 2.24) is 9.80 Å². The Kier molecular flexibility index (Phi) is 4.44. The molecular formula is C21H20N2O3. The lowest BCUT2D eigenvalue weighted by atomic mass is 10.0. The number of fused-ring (bicyclic) bond motifs is 1. The summed E-state index contributed by atoms with van der Waals surface area (Å²) in [5.41, 5.74) is 1.02. The van der Waals surface area contributed by atoms with E-state index < -0.39 is 0 Å². The molecule has 2 amide bonds. The van der Waals surface area contributed by atoms with Gasteiger partial charge >= 0.3 is 0 Å². The van der Waals surface area contributed by atoms with E-state index in [1.807, 2.05) is 23.1 Å². The number of carbonyl (C=O) groups is 2. The molecule has 1 saturated heterocycles. The Balaban J connectivity index is 1.36.